The van der Waals surface area contributed by atoms with Crippen molar-refractivity contribution in [3.05, 3.63) is 47.7 Å². The van der Waals surface area contributed by atoms with Crippen molar-refractivity contribution in [3.63, 3.8) is 0 Å². The Hall–Kier alpha value is -2.29. The number of rotatable bonds is 1. The normalized spacial score (nSPS) is 38.7. The molecule has 0 radical (unpaired) electrons. The van der Waals surface area contributed by atoms with Crippen LogP contribution >= 0.6 is 0 Å². The van der Waals surface area contributed by atoms with Crippen LogP contribution in [0, 0.1) is 29.1 Å². The Balaban J connectivity index is 1.24. The summed E-state index contributed by atoms with van der Waals surface area (Å²) in [5.41, 5.74) is 5.17. The lowest BCUT2D eigenvalue weighted by atomic mass is 9.45. The second-order valence-electron chi connectivity index (χ2n) is 12.5. The Morgan fingerprint density at radius 1 is 1.00 bits per heavy atom. The van der Waals surface area contributed by atoms with Gasteiger partial charge in [0.25, 0.3) is 0 Å². The van der Waals surface area contributed by atoms with Crippen LogP contribution < -0.4 is 0 Å². The van der Waals surface area contributed by atoms with Crippen LogP contribution in [0.15, 0.2) is 36.4 Å². The molecule has 3 fully saturated rings. The van der Waals surface area contributed by atoms with E-state index in [4.69, 9.17) is 4.74 Å². The molecule has 0 bridgehead atoms. The summed E-state index contributed by atoms with van der Waals surface area (Å²) >= 11 is 0. The molecule has 0 aliphatic heterocycles. The summed E-state index contributed by atoms with van der Waals surface area (Å²) in [6.07, 6.45) is 10.0. The summed E-state index contributed by atoms with van der Waals surface area (Å²) in [7, 11) is 0. The highest BCUT2D eigenvalue weighted by Crippen LogP contribution is 2.66. The largest absolute Gasteiger partial charge is 0.463 e. The molecule has 7 unspecified atom stereocenters. The number of hydrogen-bond acceptors (Lipinski definition) is 2. The third kappa shape index (κ3) is 2.73. The first-order valence-corrected chi connectivity index (χ1v) is 13.6. The Labute approximate surface area is 202 Å². The first kappa shape index (κ1) is 21.0. The molecule has 178 valence electrons. The van der Waals surface area contributed by atoms with E-state index < -0.39 is 0 Å². The number of carbonyl (C=O) groups excluding carboxylic acids is 1. The molecule has 1 heterocycles. The van der Waals surface area contributed by atoms with Crippen molar-refractivity contribution in [2.45, 2.75) is 83.7 Å². The lowest BCUT2D eigenvalue weighted by Crippen LogP contribution is -2.54. The summed E-state index contributed by atoms with van der Waals surface area (Å²) in [6.45, 7) is 6.73. The SMILES string of the molecule is CC(=O)OC1CCC2(C)C(CCC3C4Cc5c([nH]c6ccc7ccccc7c56)C4(C)CCC32)C1. The van der Waals surface area contributed by atoms with Crippen LogP contribution in [0.2, 0.25) is 0 Å². The molecule has 3 heteroatoms. The highest BCUT2D eigenvalue weighted by molar-refractivity contribution is 6.09. The molecule has 2 aromatic carbocycles. The number of aromatic amines is 1. The van der Waals surface area contributed by atoms with Gasteiger partial charge in [-0.15, -0.1) is 0 Å². The minimum absolute atomic E-state index is 0.109. The van der Waals surface area contributed by atoms with E-state index >= 15 is 0 Å². The average Bonchev–Trinajstić information content (AvgIpc) is 3.33. The minimum Gasteiger partial charge on any atom is -0.463 e. The van der Waals surface area contributed by atoms with Crippen molar-refractivity contribution < 1.29 is 9.53 Å². The molecule has 3 saturated carbocycles. The van der Waals surface area contributed by atoms with Crippen LogP contribution in [0.5, 0.6) is 0 Å². The predicted octanol–water partition coefficient (Wildman–Crippen LogP) is 7.31. The maximum absolute atomic E-state index is 11.6. The van der Waals surface area contributed by atoms with Gasteiger partial charge in [-0.1, -0.05) is 44.2 Å². The molecule has 0 amide bonds. The Morgan fingerprint density at radius 2 is 1.85 bits per heavy atom. The van der Waals surface area contributed by atoms with E-state index in [1.807, 2.05) is 0 Å². The van der Waals surface area contributed by atoms with Crippen molar-refractivity contribution in [3.8, 4) is 0 Å². The molecular formula is C31H37NO2. The molecule has 34 heavy (non-hydrogen) atoms. The molecule has 1 aromatic heterocycles. The zero-order valence-corrected chi connectivity index (χ0v) is 20.8. The number of ether oxygens (including phenoxy) is 1. The number of benzene rings is 2. The van der Waals surface area contributed by atoms with Crippen LogP contribution in [0.3, 0.4) is 0 Å². The van der Waals surface area contributed by atoms with Gasteiger partial charge in [0.1, 0.15) is 6.10 Å². The third-order valence-corrected chi connectivity index (χ3v) is 11.1. The van der Waals surface area contributed by atoms with Gasteiger partial charge >= 0.3 is 5.97 Å². The Bertz CT molecular complexity index is 1310. The molecular weight excluding hydrogens is 418 g/mol. The summed E-state index contributed by atoms with van der Waals surface area (Å²) in [5, 5.41) is 4.25. The van der Waals surface area contributed by atoms with E-state index in [2.05, 4.69) is 55.2 Å². The van der Waals surface area contributed by atoms with E-state index in [9.17, 15) is 4.79 Å². The van der Waals surface area contributed by atoms with Gasteiger partial charge in [0.15, 0.2) is 0 Å². The van der Waals surface area contributed by atoms with Gasteiger partial charge in [0.2, 0.25) is 0 Å². The third-order valence-electron chi connectivity index (χ3n) is 11.1. The number of carbonyl (C=O) groups is 1. The van der Waals surface area contributed by atoms with E-state index in [-0.39, 0.29) is 17.5 Å². The quantitative estimate of drug-likeness (QED) is 0.391. The van der Waals surface area contributed by atoms with Crippen molar-refractivity contribution >= 4 is 27.6 Å². The average molecular weight is 456 g/mol. The van der Waals surface area contributed by atoms with Gasteiger partial charge in [-0.2, -0.15) is 0 Å². The molecule has 1 N–H and O–H groups in total. The summed E-state index contributed by atoms with van der Waals surface area (Å²) in [4.78, 5) is 15.5. The first-order valence-electron chi connectivity index (χ1n) is 13.6. The lowest BCUT2D eigenvalue weighted by molar-refractivity contribution is -0.157. The second-order valence-corrected chi connectivity index (χ2v) is 12.5. The predicted molar refractivity (Wildman–Crippen MR) is 137 cm³/mol. The second kappa shape index (κ2) is 7.12. The van der Waals surface area contributed by atoms with E-state index in [0.29, 0.717) is 11.3 Å². The van der Waals surface area contributed by atoms with Gasteiger partial charge in [-0.25, -0.2) is 0 Å². The highest BCUT2D eigenvalue weighted by Gasteiger charge is 2.60. The van der Waals surface area contributed by atoms with Crippen LogP contribution in [-0.2, 0) is 21.4 Å². The van der Waals surface area contributed by atoms with Crippen LogP contribution in [0.4, 0.5) is 0 Å². The van der Waals surface area contributed by atoms with E-state index in [0.717, 1.165) is 30.6 Å². The van der Waals surface area contributed by atoms with Crippen molar-refractivity contribution in [2.24, 2.45) is 29.1 Å². The van der Waals surface area contributed by atoms with Gasteiger partial charge in [0, 0.05) is 28.9 Å². The number of esters is 1. The van der Waals surface area contributed by atoms with Crippen LogP contribution in [-0.4, -0.2) is 17.1 Å². The van der Waals surface area contributed by atoms with Crippen molar-refractivity contribution in [2.75, 3.05) is 0 Å². The van der Waals surface area contributed by atoms with Gasteiger partial charge in [0.05, 0.1) is 0 Å². The van der Waals surface area contributed by atoms with Crippen LogP contribution in [0.1, 0.15) is 77.0 Å². The standard InChI is InChI=1S/C31H37NO2/c1-18(33)34-21-12-14-30(2)20(16-21)9-10-23-25(30)13-15-31(3)26(23)17-24-28-22-7-5-4-6-19(22)8-11-27(28)32-29(24)31/h4-8,11,20-21,23,25-26,32H,9-10,12-17H2,1-3H3. The fraction of sp³-hybridized carbons (Fsp3) is 0.581. The van der Waals surface area contributed by atoms with E-state index in [1.54, 1.807) is 18.2 Å². The number of fused-ring (bicyclic) bond motifs is 11. The molecule has 3 nitrogen and oxygen atoms in total. The Kier molecular flexibility index (Phi) is 4.40. The number of H-pyrrole nitrogens is 1. The van der Waals surface area contributed by atoms with Gasteiger partial charge < -0.3 is 9.72 Å². The van der Waals surface area contributed by atoms with Crippen molar-refractivity contribution in [1.82, 2.24) is 4.98 Å². The molecule has 7 atom stereocenters. The van der Waals surface area contributed by atoms with Crippen molar-refractivity contribution in [1.29, 1.82) is 0 Å². The first-order chi connectivity index (χ1) is 16.4. The number of hydrogen-bond donors (Lipinski definition) is 1. The Morgan fingerprint density at radius 3 is 2.71 bits per heavy atom. The minimum atomic E-state index is -0.109. The zero-order valence-electron chi connectivity index (χ0n) is 20.8. The molecule has 3 aromatic rings. The maximum atomic E-state index is 11.6. The summed E-state index contributed by atoms with van der Waals surface area (Å²) in [5.74, 6) is 2.98. The fourth-order valence-electron chi connectivity index (χ4n) is 9.52. The molecule has 4 aliphatic carbocycles. The van der Waals surface area contributed by atoms with Gasteiger partial charge in [-0.3, -0.25) is 4.79 Å². The fourth-order valence-corrected chi connectivity index (χ4v) is 9.52. The lowest BCUT2D eigenvalue weighted by Gasteiger charge is -2.60. The van der Waals surface area contributed by atoms with E-state index in [1.165, 1.54) is 60.2 Å². The molecule has 0 spiro atoms. The smallest absolute Gasteiger partial charge is 0.302 e. The summed E-state index contributed by atoms with van der Waals surface area (Å²) < 4.78 is 5.67. The molecule has 4 aliphatic rings. The monoisotopic (exact) mass is 455 g/mol. The topological polar surface area (TPSA) is 42.1 Å². The zero-order chi connectivity index (χ0) is 23.2. The van der Waals surface area contributed by atoms with Crippen LogP contribution in [0.25, 0.3) is 21.7 Å². The molecule has 7 rings (SSSR count). The van der Waals surface area contributed by atoms with Gasteiger partial charge in [-0.05, 0) is 103 Å². The number of aromatic nitrogens is 1. The number of nitrogens with one attached hydrogen (secondary N) is 1. The maximum Gasteiger partial charge on any atom is 0.302 e. The summed E-state index contributed by atoms with van der Waals surface area (Å²) in [6, 6.07) is 13.5. The molecule has 0 saturated heterocycles. The highest BCUT2D eigenvalue weighted by atomic mass is 16.5.